The van der Waals surface area contributed by atoms with Crippen LogP contribution in [0.2, 0.25) is 5.02 Å². The second-order valence-corrected chi connectivity index (χ2v) is 6.06. The fourth-order valence-corrected chi connectivity index (χ4v) is 2.86. The van der Waals surface area contributed by atoms with Gasteiger partial charge in [0.25, 0.3) is 5.91 Å². The Morgan fingerprint density at radius 3 is 2.60 bits per heavy atom. The first-order chi connectivity index (χ1) is 12.1. The quantitative estimate of drug-likeness (QED) is 0.784. The van der Waals surface area contributed by atoms with Gasteiger partial charge in [0.15, 0.2) is 0 Å². The fraction of sp³-hybridized carbons (Fsp3) is 0.278. The summed E-state index contributed by atoms with van der Waals surface area (Å²) in [5.41, 5.74) is 0.934. The van der Waals surface area contributed by atoms with E-state index in [2.05, 4.69) is 9.72 Å². The summed E-state index contributed by atoms with van der Waals surface area (Å²) >= 11 is 6.04. The first-order valence-corrected chi connectivity index (χ1v) is 8.20. The Morgan fingerprint density at radius 1 is 1.20 bits per heavy atom. The second-order valence-electron chi connectivity index (χ2n) is 5.65. The molecule has 1 saturated heterocycles. The number of pyridine rings is 1. The van der Waals surface area contributed by atoms with Crippen molar-refractivity contribution in [3.8, 4) is 5.75 Å². The molecule has 130 valence electrons. The summed E-state index contributed by atoms with van der Waals surface area (Å²) in [5, 5.41) is 0.450. The molecular formula is C18H17ClN2O4. The van der Waals surface area contributed by atoms with Crippen molar-refractivity contribution in [2.45, 2.75) is 12.5 Å². The van der Waals surface area contributed by atoms with Crippen LogP contribution in [0.3, 0.4) is 0 Å². The number of ether oxygens (including phenoxy) is 2. The van der Waals surface area contributed by atoms with Crippen molar-refractivity contribution in [1.29, 1.82) is 0 Å². The first-order valence-electron chi connectivity index (χ1n) is 7.82. The number of esters is 1. The minimum Gasteiger partial charge on any atom is -0.487 e. The third-order valence-corrected chi connectivity index (χ3v) is 4.30. The van der Waals surface area contributed by atoms with Gasteiger partial charge in [-0.15, -0.1) is 0 Å². The van der Waals surface area contributed by atoms with E-state index in [9.17, 15) is 9.59 Å². The van der Waals surface area contributed by atoms with Gasteiger partial charge in [-0.3, -0.25) is 9.78 Å². The number of carbonyl (C=O) groups excluding carboxylic acids is 2. The zero-order valence-electron chi connectivity index (χ0n) is 13.6. The number of likely N-dealkylation sites (tertiary alicyclic amines) is 1. The molecule has 3 rings (SSSR count). The molecule has 2 heterocycles. The first kappa shape index (κ1) is 17.2. The lowest BCUT2D eigenvalue weighted by molar-refractivity contribution is 0.0600. The number of carbonyl (C=O) groups is 2. The number of halogens is 1. The maximum Gasteiger partial charge on any atom is 0.337 e. The van der Waals surface area contributed by atoms with Gasteiger partial charge >= 0.3 is 5.97 Å². The molecule has 0 spiro atoms. The summed E-state index contributed by atoms with van der Waals surface area (Å²) in [6.45, 7) is 1.08. The summed E-state index contributed by atoms with van der Waals surface area (Å²) in [6.07, 6.45) is 3.75. The highest BCUT2D eigenvalue weighted by molar-refractivity contribution is 6.31. The molecule has 0 N–H and O–H groups in total. The Labute approximate surface area is 150 Å². The van der Waals surface area contributed by atoms with Crippen LogP contribution in [0, 0.1) is 0 Å². The van der Waals surface area contributed by atoms with E-state index in [4.69, 9.17) is 16.3 Å². The van der Waals surface area contributed by atoms with Crippen LogP contribution in [0.25, 0.3) is 0 Å². The maximum atomic E-state index is 12.6. The van der Waals surface area contributed by atoms with Crippen LogP contribution in [-0.4, -0.2) is 48.1 Å². The Morgan fingerprint density at radius 2 is 1.92 bits per heavy atom. The Bertz CT molecular complexity index is 779. The molecule has 0 bridgehead atoms. The number of hydrogen-bond acceptors (Lipinski definition) is 5. The number of methoxy groups -OCH3 is 1. The Balaban J connectivity index is 1.62. The molecule has 0 unspecified atom stereocenters. The smallest absolute Gasteiger partial charge is 0.337 e. The summed E-state index contributed by atoms with van der Waals surface area (Å²) in [4.78, 5) is 29.7. The van der Waals surface area contributed by atoms with Crippen LogP contribution >= 0.6 is 11.6 Å². The van der Waals surface area contributed by atoms with Crippen molar-refractivity contribution in [2.75, 3.05) is 20.2 Å². The third kappa shape index (κ3) is 3.91. The molecule has 1 aromatic carbocycles. The molecule has 1 aliphatic heterocycles. The predicted octanol–water partition coefficient (Wildman–Crippen LogP) is 2.82. The normalized spacial score (nSPS) is 16.6. The fourth-order valence-electron chi connectivity index (χ4n) is 2.70. The summed E-state index contributed by atoms with van der Waals surface area (Å²) in [7, 11) is 1.32. The number of hydrogen-bond donors (Lipinski definition) is 0. The van der Waals surface area contributed by atoms with Gasteiger partial charge < -0.3 is 14.4 Å². The lowest BCUT2D eigenvalue weighted by Gasteiger charge is -2.18. The molecule has 1 aliphatic rings. The molecule has 1 amide bonds. The lowest BCUT2D eigenvalue weighted by Crippen LogP contribution is -2.31. The molecule has 0 aliphatic carbocycles. The van der Waals surface area contributed by atoms with Gasteiger partial charge in [-0.25, -0.2) is 4.79 Å². The molecule has 1 atom stereocenters. The van der Waals surface area contributed by atoms with Crippen molar-refractivity contribution in [2.24, 2.45) is 0 Å². The highest BCUT2D eigenvalue weighted by atomic mass is 35.5. The summed E-state index contributed by atoms with van der Waals surface area (Å²) in [5.74, 6) is 0.0459. The number of benzene rings is 1. The van der Waals surface area contributed by atoms with Gasteiger partial charge in [-0.1, -0.05) is 11.6 Å². The molecule has 7 heteroatoms. The number of amides is 1. The topological polar surface area (TPSA) is 68.7 Å². The van der Waals surface area contributed by atoms with E-state index in [1.807, 2.05) is 0 Å². The van der Waals surface area contributed by atoms with Crippen molar-refractivity contribution < 1.29 is 19.1 Å². The van der Waals surface area contributed by atoms with Crippen LogP contribution in [0.1, 0.15) is 27.1 Å². The van der Waals surface area contributed by atoms with Crippen LogP contribution in [0.5, 0.6) is 5.75 Å². The zero-order valence-corrected chi connectivity index (χ0v) is 14.4. The van der Waals surface area contributed by atoms with E-state index < -0.39 is 5.97 Å². The van der Waals surface area contributed by atoms with Gasteiger partial charge in [0.05, 0.1) is 19.2 Å². The minimum atomic E-state index is -0.428. The van der Waals surface area contributed by atoms with Crippen molar-refractivity contribution in [3.63, 3.8) is 0 Å². The molecule has 6 nitrogen and oxygen atoms in total. The molecule has 2 aromatic rings. The summed E-state index contributed by atoms with van der Waals surface area (Å²) in [6, 6.07) is 8.13. The van der Waals surface area contributed by atoms with Gasteiger partial charge in [-0.2, -0.15) is 0 Å². The van der Waals surface area contributed by atoms with Crippen LogP contribution < -0.4 is 4.74 Å². The zero-order chi connectivity index (χ0) is 17.8. The molecule has 25 heavy (non-hydrogen) atoms. The number of aromatic nitrogens is 1. The van der Waals surface area contributed by atoms with E-state index in [-0.39, 0.29) is 12.0 Å². The van der Waals surface area contributed by atoms with E-state index in [1.54, 1.807) is 41.4 Å². The third-order valence-electron chi connectivity index (χ3n) is 4.01. The monoisotopic (exact) mass is 360 g/mol. The van der Waals surface area contributed by atoms with Gasteiger partial charge in [0.2, 0.25) is 0 Å². The Kier molecular flexibility index (Phi) is 5.19. The maximum absolute atomic E-state index is 12.6. The van der Waals surface area contributed by atoms with E-state index >= 15 is 0 Å². The van der Waals surface area contributed by atoms with Gasteiger partial charge in [0.1, 0.15) is 16.9 Å². The standard InChI is InChI=1S/C18H17ClN2O4/c1-24-18(23)13-4-2-12(3-5-13)17(22)21-9-7-14(11-21)25-16-6-8-20-10-15(16)19/h2-6,8,10,14H,7,9,11H2,1H3/t14-/m1/s1. The molecule has 1 aromatic heterocycles. The average Bonchev–Trinajstić information content (AvgIpc) is 3.11. The van der Waals surface area contributed by atoms with Crippen molar-refractivity contribution in [1.82, 2.24) is 9.88 Å². The molecule has 1 fully saturated rings. The van der Waals surface area contributed by atoms with Crippen molar-refractivity contribution in [3.05, 3.63) is 58.9 Å². The van der Waals surface area contributed by atoms with Gasteiger partial charge in [-0.05, 0) is 24.3 Å². The van der Waals surface area contributed by atoms with E-state index in [0.29, 0.717) is 35.0 Å². The predicted molar refractivity (Wildman–Crippen MR) is 92.0 cm³/mol. The molecular weight excluding hydrogens is 344 g/mol. The second kappa shape index (κ2) is 7.53. The molecule has 0 radical (unpaired) electrons. The number of rotatable bonds is 4. The highest BCUT2D eigenvalue weighted by Gasteiger charge is 2.28. The van der Waals surface area contributed by atoms with Crippen LogP contribution in [0.4, 0.5) is 0 Å². The van der Waals surface area contributed by atoms with E-state index in [0.717, 1.165) is 6.42 Å². The highest BCUT2D eigenvalue weighted by Crippen LogP contribution is 2.26. The largest absolute Gasteiger partial charge is 0.487 e. The van der Waals surface area contributed by atoms with Crippen LogP contribution in [-0.2, 0) is 4.74 Å². The average molecular weight is 361 g/mol. The van der Waals surface area contributed by atoms with Crippen LogP contribution in [0.15, 0.2) is 42.7 Å². The van der Waals surface area contributed by atoms with Gasteiger partial charge in [0, 0.05) is 37.0 Å². The van der Waals surface area contributed by atoms with Crippen molar-refractivity contribution >= 4 is 23.5 Å². The lowest BCUT2D eigenvalue weighted by atomic mass is 10.1. The number of nitrogens with zero attached hydrogens (tertiary/aromatic N) is 2. The molecule has 0 saturated carbocycles. The minimum absolute atomic E-state index is 0.0941. The summed E-state index contributed by atoms with van der Waals surface area (Å²) < 4.78 is 10.5. The Hall–Kier alpha value is -2.60. The SMILES string of the molecule is COC(=O)c1ccc(C(=O)N2CC[C@@H](Oc3ccncc3Cl)C2)cc1. The van der Waals surface area contributed by atoms with E-state index in [1.165, 1.54) is 13.3 Å².